The van der Waals surface area contributed by atoms with E-state index in [0.29, 0.717) is 66.1 Å². The van der Waals surface area contributed by atoms with Gasteiger partial charge in [0.05, 0.1) is 66.1 Å². The molecule has 0 aromatic heterocycles. The molecule has 206 valence electrons. The lowest BCUT2D eigenvalue weighted by Crippen LogP contribution is -2.10. The lowest BCUT2D eigenvalue weighted by Gasteiger charge is -2.10. The van der Waals surface area contributed by atoms with Crippen LogP contribution in [0.5, 0.6) is 0 Å². The van der Waals surface area contributed by atoms with Crippen molar-refractivity contribution in [3.8, 4) is 0 Å². The van der Waals surface area contributed by atoms with Gasteiger partial charge in [0.2, 0.25) is 0 Å². The zero-order chi connectivity index (χ0) is 26.1. The largest absolute Gasteiger partial charge is 0.379 e. The van der Waals surface area contributed by atoms with Crippen molar-refractivity contribution in [1.82, 2.24) is 0 Å². The molecule has 0 saturated heterocycles. The SMILES string of the molecule is C=C(COCCOCCOCCCCC)c1cccc(/C(C)=C/COCCOCCOCCCC)c1. The molecular formula is C30H50O6. The Morgan fingerprint density at radius 3 is 1.83 bits per heavy atom. The molecule has 0 bridgehead atoms. The van der Waals surface area contributed by atoms with E-state index in [-0.39, 0.29) is 0 Å². The van der Waals surface area contributed by atoms with Gasteiger partial charge in [0.25, 0.3) is 0 Å². The van der Waals surface area contributed by atoms with E-state index in [2.05, 4.69) is 51.6 Å². The van der Waals surface area contributed by atoms with E-state index >= 15 is 0 Å². The van der Waals surface area contributed by atoms with Crippen molar-refractivity contribution >= 4 is 11.1 Å². The highest BCUT2D eigenvalue weighted by atomic mass is 16.5. The van der Waals surface area contributed by atoms with Gasteiger partial charge in [-0.15, -0.1) is 0 Å². The number of rotatable bonds is 25. The Bertz CT molecular complexity index is 688. The number of allylic oxidation sites excluding steroid dienone is 1. The summed E-state index contributed by atoms with van der Waals surface area (Å²) in [6, 6.07) is 8.36. The highest BCUT2D eigenvalue weighted by molar-refractivity contribution is 5.71. The molecule has 1 aromatic rings. The first-order valence-electron chi connectivity index (χ1n) is 13.6. The van der Waals surface area contributed by atoms with Crippen LogP contribution in [0.4, 0.5) is 0 Å². The first kappa shape index (κ1) is 32.5. The standard InChI is InChI=1S/C30H50O6/c1-5-7-9-15-32-18-21-35-23-24-36-26-28(4)30-12-10-11-29(25-30)27(3)13-16-33-19-22-34-20-17-31-14-8-6-2/h10-13,25H,4-9,14-24,26H2,1-3H3/b27-13+. The Hall–Kier alpha value is -1.54. The van der Waals surface area contributed by atoms with E-state index in [9.17, 15) is 0 Å². The van der Waals surface area contributed by atoms with Crippen molar-refractivity contribution in [2.24, 2.45) is 0 Å². The summed E-state index contributed by atoms with van der Waals surface area (Å²) in [5, 5.41) is 0. The van der Waals surface area contributed by atoms with Crippen LogP contribution >= 0.6 is 0 Å². The maximum absolute atomic E-state index is 5.73. The Balaban J connectivity index is 2.15. The molecular weight excluding hydrogens is 456 g/mol. The van der Waals surface area contributed by atoms with E-state index in [1.165, 1.54) is 18.4 Å². The maximum atomic E-state index is 5.73. The quantitative estimate of drug-likeness (QED) is 0.147. The smallest absolute Gasteiger partial charge is 0.0718 e. The van der Waals surface area contributed by atoms with Crippen LogP contribution in [-0.2, 0) is 28.4 Å². The molecule has 0 amide bonds. The highest BCUT2D eigenvalue weighted by Crippen LogP contribution is 2.20. The normalized spacial score (nSPS) is 11.8. The van der Waals surface area contributed by atoms with E-state index < -0.39 is 0 Å². The Labute approximate surface area is 219 Å². The molecule has 1 rings (SSSR count). The summed E-state index contributed by atoms with van der Waals surface area (Å²) in [6.07, 6.45) is 7.91. The number of hydrogen-bond acceptors (Lipinski definition) is 6. The minimum atomic E-state index is 0.482. The van der Waals surface area contributed by atoms with Gasteiger partial charge in [-0.25, -0.2) is 0 Å². The van der Waals surface area contributed by atoms with Gasteiger partial charge in [0.1, 0.15) is 0 Å². The van der Waals surface area contributed by atoms with Gasteiger partial charge in [-0.1, -0.05) is 64.0 Å². The fraction of sp³-hybridized carbons (Fsp3) is 0.667. The summed E-state index contributed by atoms with van der Waals surface area (Å²) in [4.78, 5) is 0. The minimum absolute atomic E-state index is 0.482. The summed E-state index contributed by atoms with van der Waals surface area (Å²) in [7, 11) is 0. The lowest BCUT2D eigenvalue weighted by molar-refractivity contribution is 0.0190. The molecule has 0 atom stereocenters. The van der Waals surface area contributed by atoms with E-state index in [1.54, 1.807) is 0 Å². The predicted octanol–water partition coefficient (Wildman–Crippen LogP) is 6.19. The van der Waals surface area contributed by atoms with Crippen LogP contribution in [0.2, 0.25) is 0 Å². The van der Waals surface area contributed by atoms with Crippen molar-refractivity contribution in [3.05, 3.63) is 48.0 Å². The van der Waals surface area contributed by atoms with Gasteiger partial charge >= 0.3 is 0 Å². The summed E-state index contributed by atoms with van der Waals surface area (Å²) in [5.74, 6) is 0. The van der Waals surface area contributed by atoms with Gasteiger partial charge in [-0.05, 0) is 48.1 Å². The average molecular weight is 507 g/mol. The van der Waals surface area contributed by atoms with Crippen LogP contribution in [0.1, 0.15) is 64.0 Å². The molecule has 1 aromatic carbocycles. The molecule has 0 N–H and O–H groups in total. The molecule has 0 heterocycles. The van der Waals surface area contributed by atoms with Crippen LogP contribution in [0.15, 0.2) is 36.9 Å². The first-order valence-corrected chi connectivity index (χ1v) is 13.6. The van der Waals surface area contributed by atoms with Gasteiger partial charge in [-0.3, -0.25) is 0 Å². The molecule has 36 heavy (non-hydrogen) atoms. The molecule has 6 nitrogen and oxygen atoms in total. The number of benzene rings is 1. The highest BCUT2D eigenvalue weighted by Gasteiger charge is 2.03. The van der Waals surface area contributed by atoms with Gasteiger partial charge in [0, 0.05) is 13.2 Å². The summed E-state index contributed by atoms with van der Waals surface area (Å²) in [6.45, 7) is 18.1. The van der Waals surface area contributed by atoms with E-state index in [4.69, 9.17) is 28.4 Å². The number of ether oxygens (including phenoxy) is 6. The van der Waals surface area contributed by atoms with Crippen LogP contribution in [0, 0.1) is 0 Å². The summed E-state index contributed by atoms with van der Waals surface area (Å²) >= 11 is 0. The molecule has 0 aliphatic carbocycles. The third-order valence-corrected chi connectivity index (χ3v) is 5.53. The molecule has 0 aliphatic heterocycles. The fourth-order valence-corrected chi connectivity index (χ4v) is 3.23. The molecule has 0 spiro atoms. The van der Waals surface area contributed by atoms with E-state index in [1.807, 2.05) is 6.07 Å². The summed E-state index contributed by atoms with van der Waals surface area (Å²) in [5.41, 5.74) is 4.36. The fourth-order valence-electron chi connectivity index (χ4n) is 3.23. The Morgan fingerprint density at radius 2 is 1.19 bits per heavy atom. The number of unbranched alkanes of at least 4 members (excludes halogenated alkanes) is 3. The second kappa shape index (κ2) is 23.8. The topological polar surface area (TPSA) is 55.4 Å². The molecule has 0 unspecified atom stereocenters. The lowest BCUT2D eigenvalue weighted by atomic mass is 10.0. The third kappa shape index (κ3) is 17.8. The second-order valence-electron chi connectivity index (χ2n) is 8.71. The number of hydrogen-bond donors (Lipinski definition) is 0. The summed E-state index contributed by atoms with van der Waals surface area (Å²) < 4.78 is 33.5. The van der Waals surface area contributed by atoms with Crippen LogP contribution in [-0.4, -0.2) is 79.3 Å². The zero-order valence-electron chi connectivity index (χ0n) is 23.1. The van der Waals surface area contributed by atoms with Crippen molar-refractivity contribution in [3.63, 3.8) is 0 Å². The van der Waals surface area contributed by atoms with Crippen LogP contribution in [0.3, 0.4) is 0 Å². The Morgan fingerprint density at radius 1 is 0.667 bits per heavy atom. The molecule has 6 heteroatoms. The van der Waals surface area contributed by atoms with E-state index in [0.717, 1.165) is 49.2 Å². The zero-order valence-corrected chi connectivity index (χ0v) is 23.1. The average Bonchev–Trinajstić information content (AvgIpc) is 2.90. The predicted molar refractivity (Wildman–Crippen MR) is 148 cm³/mol. The molecule has 0 aliphatic rings. The molecule has 0 fully saturated rings. The van der Waals surface area contributed by atoms with Gasteiger partial charge in [0.15, 0.2) is 0 Å². The molecule has 0 radical (unpaired) electrons. The van der Waals surface area contributed by atoms with Gasteiger partial charge in [-0.2, -0.15) is 0 Å². The monoisotopic (exact) mass is 506 g/mol. The third-order valence-electron chi connectivity index (χ3n) is 5.53. The van der Waals surface area contributed by atoms with Crippen molar-refractivity contribution in [2.75, 3.05) is 79.3 Å². The first-order chi connectivity index (χ1) is 17.7. The van der Waals surface area contributed by atoms with Crippen LogP contribution in [0.25, 0.3) is 11.1 Å². The maximum Gasteiger partial charge on any atom is 0.0718 e. The van der Waals surface area contributed by atoms with Crippen molar-refractivity contribution in [1.29, 1.82) is 0 Å². The van der Waals surface area contributed by atoms with Crippen molar-refractivity contribution in [2.45, 2.75) is 52.9 Å². The minimum Gasteiger partial charge on any atom is -0.379 e. The van der Waals surface area contributed by atoms with Crippen LogP contribution < -0.4 is 0 Å². The molecule has 0 saturated carbocycles. The van der Waals surface area contributed by atoms with Crippen molar-refractivity contribution < 1.29 is 28.4 Å². The second-order valence-corrected chi connectivity index (χ2v) is 8.71. The van der Waals surface area contributed by atoms with Gasteiger partial charge < -0.3 is 28.4 Å². The Kier molecular flexibility index (Phi) is 21.5.